The van der Waals surface area contributed by atoms with E-state index < -0.39 is 23.9 Å². The fourth-order valence-electron chi connectivity index (χ4n) is 3.65. The van der Waals surface area contributed by atoms with Crippen molar-refractivity contribution in [3.8, 4) is 0 Å². The molecule has 0 amide bonds. The molecule has 0 spiro atoms. The normalized spacial score (nSPS) is 9.34. The van der Waals surface area contributed by atoms with Crippen molar-refractivity contribution in [3.05, 3.63) is 95.1 Å². The summed E-state index contributed by atoms with van der Waals surface area (Å²) >= 11 is 0. The molecule has 4 aromatic carbocycles. The summed E-state index contributed by atoms with van der Waals surface area (Å²) in [5, 5.41) is 11.5. The van der Waals surface area contributed by atoms with Crippen LogP contribution in [0.2, 0.25) is 0 Å². The Bertz CT molecular complexity index is 1390. The third-order valence-electron chi connectivity index (χ3n) is 5.29. The Morgan fingerprint density at radius 3 is 1.00 bits per heavy atom. The van der Waals surface area contributed by atoms with Crippen LogP contribution in [-0.4, -0.2) is 61.3 Å². The van der Waals surface area contributed by atoms with Crippen LogP contribution < -0.4 is 18.9 Å². The fourth-order valence-corrected chi connectivity index (χ4v) is 3.65. The molecule has 0 aliphatic rings. The number of rotatable bonds is 4. The fraction of sp³-hybridized carbons (Fsp3) is 0.111. The molecule has 4 N–H and O–H groups in total. The summed E-state index contributed by atoms with van der Waals surface area (Å²) in [7, 11) is 3.94. The van der Waals surface area contributed by atoms with Crippen LogP contribution in [-0.2, 0) is 14.2 Å². The van der Waals surface area contributed by atoms with E-state index in [-0.39, 0.29) is 35.4 Å². The summed E-state index contributed by atoms with van der Waals surface area (Å²) < 4.78 is 14.1. The number of ether oxygens (including phenoxy) is 3. The molecule has 0 aliphatic carbocycles. The number of aromatic carboxylic acids is 1. The Kier molecular flexibility index (Phi) is 13.5. The molecular formula is C27H25LiO10. The molecule has 10 nitrogen and oxygen atoms in total. The van der Waals surface area contributed by atoms with Gasteiger partial charge >= 0.3 is 42.7 Å². The minimum absolute atomic E-state index is 0. The number of hydrogen-bond acceptors (Lipinski definition) is 8. The van der Waals surface area contributed by atoms with E-state index in [1.165, 1.54) is 33.5 Å². The quantitative estimate of drug-likeness (QED) is 0.233. The minimum Gasteiger partial charge on any atom is -0.870 e. The van der Waals surface area contributed by atoms with Gasteiger partial charge in [-0.2, -0.15) is 0 Å². The van der Waals surface area contributed by atoms with Gasteiger partial charge in [-0.05, 0) is 45.8 Å². The summed E-state index contributed by atoms with van der Waals surface area (Å²) in [5.41, 5.74) is 1.41. The second kappa shape index (κ2) is 15.1. The predicted molar refractivity (Wildman–Crippen MR) is 134 cm³/mol. The van der Waals surface area contributed by atoms with Crippen molar-refractivity contribution in [2.75, 3.05) is 21.3 Å². The van der Waals surface area contributed by atoms with Gasteiger partial charge in [-0.3, -0.25) is 0 Å². The summed E-state index contributed by atoms with van der Waals surface area (Å²) in [6.07, 6.45) is 0. The van der Waals surface area contributed by atoms with Crippen LogP contribution in [0.3, 0.4) is 0 Å². The SMILES string of the molecule is COC(=O)c1ccc(C(=O)O)c2ccccc12.COC(=O)c1ccc(C(=O)OC)c2ccccc12.O.[Li+].[OH-]. The van der Waals surface area contributed by atoms with Crippen molar-refractivity contribution in [2.24, 2.45) is 0 Å². The van der Waals surface area contributed by atoms with Crippen LogP contribution in [0.15, 0.2) is 72.8 Å². The van der Waals surface area contributed by atoms with E-state index in [0.29, 0.717) is 38.2 Å². The van der Waals surface area contributed by atoms with E-state index in [2.05, 4.69) is 4.74 Å². The van der Waals surface area contributed by atoms with E-state index in [9.17, 15) is 19.2 Å². The summed E-state index contributed by atoms with van der Waals surface area (Å²) in [6, 6.07) is 20.0. The first-order chi connectivity index (χ1) is 16.8. The molecule has 0 aromatic heterocycles. The first kappa shape index (κ1) is 33.8. The van der Waals surface area contributed by atoms with Crippen molar-refractivity contribution < 1.29 is 68.3 Å². The Morgan fingerprint density at radius 1 is 0.526 bits per heavy atom. The average molecular weight is 516 g/mol. The minimum atomic E-state index is -1.02. The van der Waals surface area contributed by atoms with Gasteiger partial charge in [-0.15, -0.1) is 0 Å². The molecule has 11 heteroatoms. The zero-order valence-electron chi connectivity index (χ0n) is 21.2. The van der Waals surface area contributed by atoms with E-state index in [1.807, 2.05) is 0 Å². The van der Waals surface area contributed by atoms with Crippen molar-refractivity contribution >= 4 is 45.4 Å². The second-order valence-electron chi connectivity index (χ2n) is 7.19. The van der Waals surface area contributed by atoms with Gasteiger partial charge in [0.1, 0.15) is 0 Å². The van der Waals surface area contributed by atoms with Gasteiger partial charge in [-0.25, -0.2) is 19.2 Å². The van der Waals surface area contributed by atoms with Crippen molar-refractivity contribution in [1.82, 2.24) is 0 Å². The maximum absolute atomic E-state index is 11.6. The van der Waals surface area contributed by atoms with Crippen molar-refractivity contribution in [3.63, 3.8) is 0 Å². The standard InChI is InChI=1S/C14H12O4.C13H10O4.Li.2H2O/c1-17-13(15)11-7-8-12(14(16)18-2)10-6-4-3-5-9(10)11;1-17-13(16)11-7-6-10(12(14)15)8-4-2-3-5-9(8)11;;;/h3-8H,1-2H3;2-7H,1H3,(H,14,15);;2*1H2/q;;+1;;/p-1. The number of hydrogen-bond donors (Lipinski definition) is 1. The van der Waals surface area contributed by atoms with E-state index in [4.69, 9.17) is 14.6 Å². The molecule has 0 atom stereocenters. The number of carboxylic acid groups (broad SMARTS) is 1. The second-order valence-corrected chi connectivity index (χ2v) is 7.19. The van der Waals surface area contributed by atoms with E-state index >= 15 is 0 Å². The Hall–Kier alpha value is -4.20. The van der Waals surface area contributed by atoms with E-state index in [0.717, 1.165) is 0 Å². The summed E-state index contributed by atoms with van der Waals surface area (Å²) in [6.45, 7) is 0. The molecule has 0 saturated carbocycles. The van der Waals surface area contributed by atoms with Crippen molar-refractivity contribution in [2.45, 2.75) is 0 Å². The van der Waals surface area contributed by atoms with Gasteiger partial charge in [0.2, 0.25) is 0 Å². The number of fused-ring (bicyclic) bond motifs is 2. The molecule has 0 heterocycles. The third kappa shape index (κ3) is 6.97. The summed E-state index contributed by atoms with van der Waals surface area (Å²) in [5.74, 6) is -2.35. The molecule has 4 rings (SSSR count). The van der Waals surface area contributed by atoms with Gasteiger partial charge in [0.15, 0.2) is 0 Å². The number of benzene rings is 4. The topological polar surface area (TPSA) is 178 Å². The van der Waals surface area contributed by atoms with Crippen LogP contribution in [0.25, 0.3) is 21.5 Å². The molecule has 38 heavy (non-hydrogen) atoms. The van der Waals surface area contributed by atoms with Crippen LogP contribution in [0.5, 0.6) is 0 Å². The predicted octanol–water partition coefficient (Wildman–Crippen LogP) is 0.740. The molecular weight excluding hydrogens is 491 g/mol. The number of carboxylic acids is 1. The smallest absolute Gasteiger partial charge is 0.870 e. The van der Waals surface area contributed by atoms with Gasteiger partial charge in [-0.1, -0.05) is 48.5 Å². The zero-order valence-corrected chi connectivity index (χ0v) is 21.2. The Morgan fingerprint density at radius 2 is 0.763 bits per heavy atom. The molecule has 0 fully saturated rings. The van der Waals surface area contributed by atoms with Gasteiger partial charge in [0, 0.05) is 0 Å². The van der Waals surface area contributed by atoms with Crippen LogP contribution in [0.4, 0.5) is 0 Å². The number of methoxy groups -OCH3 is 3. The molecule has 0 bridgehead atoms. The van der Waals surface area contributed by atoms with Gasteiger partial charge in [0.05, 0.1) is 43.6 Å². The van der Waals surface area contributed by atoms with Crippen LogP contribution in [0, 0.1) is 0 Å². The van der Waals surface area contributed by atoms with Gasteiger partial charge < -0.3 is 30.3 Å². The summed E-state index contributed by atoms with van der Waals surface area (Å²) in [4.78, 5) is 45.9. The first-order valence-corrected chi connectivity index (χ1v) is 10.4. The van der Waals surface area contributed by atoms with Crippen LogP contribution in [0.1, 0.15) is 41.4 Å². The molecule has 0 radical (unpaired) electrons. The monoisotopic (exact) mass is 516 g/mol. The molecule has 0 saturated heterocycles. The molecule has 0 aliphatic heterocycles. The average Bonchev–Trinajstić information content (AvgIpc) is 2.90. The number of carbonyl (C=O) groups excluding carboxylic acids is 3. The zero-order chi connectivity index (χ0) is 25.5. The van der Waals surface area contributed by atoms with E-state index in [1.54, 1.807) is 60.7 Å². The van der Waals surface area contributed by atoms with Gasteiger partial charge in [0.25, 0.3) is 0 Å². The Labute approximate surface area is 229 Å². The number of carbonyl (C=O) groups is 4. The molecule has 4 aromatic rings. The maximum Gasteiger partial charge on any atom is 1.00 e. The number of esters is 3. The largest absolute Gasteiger partial charge is 1.00 e. The molecule has 0 unspecified atom stereocenters. The Balaban J connectivity index is 0.000000669. The first-order valence-electron chi connectivity index (χ1n) is 10.4. The third-order valence-corrected chi connectivity index (χ3v) is 5.29. The van der Waals surface area contributed by atoms with Crippen LogP contribution >= 0.6 is 0 Å². The maximum atomic E-state index is 11.6. The van der Waals surface area contributed by atoms with Crippen molar-refractivity contribution in [1.29, 1.82) is 0 Å². The molecule has 194 valence electrons.